The van der Waals surface area contributed by atoms with Crippen LogP contribution in [0.4, 0.5) is 0 Å². The minimum Gasteiger partial charge on any atom is -0.349 e. The molecule has 5 heteroatoms. The van der Waals surface area contributed by atoms with Gasteiger partial charge in [-0.05, 0) is 50.5 Å². The zero-order chi connectivity index (χ0) is 15.1. The van der Waals surface area contributed by atoms with Crippen molar-refractivity contribution in [2.45, 2.75) is 57.4 Å². The third-order valence-corrected chi connectivity index (χ3v) is 5.96. The molecular formula is C17H21N3OS. The minimum atomic E-state index is 0.00956. The molecule has 1 amide bonds. The zero-order valence-corrected chi connectivity index (χ0v) is 13.7. The number of hydrogen-bond acceptors (Lipinski definition) is 4. The Morgan fingerprint density at radius 2 is 2.00 bits per heavy atom. The van der Waals surface area contributed by atoms with Gasteiger partial charge in [-0.15, -0.1) is 11.3 Å². The first kappa shape index (κ1) is 14.1. The summed E-state index contributed by atoms with van der Waals surface area (Å²) in [6, 6.07) is 2.27. The van der Waals surface area contributed by atoms with Gasteiger partial charge in [-0.1, -0.05) is 6.92 Å². The second-order valence-electron chi connectivity index (χ2n) is 6.80. The first-order valence-electron chi connectivity index (χ1n) is 8.26. The molecule has 2 aromatic rings. The van der Waals surface area contributed by atoms with Gasteiger partial charge in [-0.25, -0.2) is 9.97 Å². The van der Waals surface area contributed by atoms with Gasteiger partial charge >= 0.3 is 0 Å². The van der Waals surface area contributed by atoms with Crippen LogP contribution in [0.5, 0.6) is 0 Å². The number of nitrogens with zero attached hydrogens (tertiary/aromatic N) is 2. The summed E-state index contributed by atoms with van der Waals surface area (Å²) in [6.07, 6.45) is 8.76. The van der Waals surface area contributed by atoms with Crippen LogP contribution in [0.3, 0.4) is 0 Å². The van der Waals surface area contributed by atoms with Crippen molar-refractivity contribution in [3.05, 3.63) is 22.8 Å². The molecule has 4 rings (SSSR count). The van der Waals surface area contributed by atoms with E-state index in [-0.39, 0.29) is 5.91 Å². The molecule has 2 saturated carbocycles. The predicted octanol–water partition coefficient (Wildman–Crippen LogP) is 3.88. The van der Waals surface area contributed by atoms with Gasteiger partial charge in [0.25, 0.3) is 5.91 Å². The summed E-state index contributed by atoms with van der Waals surface area (Å²) in [7, 11) is 0. The number of thiazole rings is 1. The quantitative estimate of drug-likeness (QED) is 0.935. The zero-order valence-electron chi connectivity index (χ0n) is 12.8. The first-order valence-corrected chi connectivity index (χ1v) is 9.08. The number of nitrogens with one attached hydrogen (secondary N) is 1. The van der Waals surface area contributed by atoms with Crippen molar-refractivity contribution < 1.29 is 4.79 Å². The Morgan fingerprint density at radius 1 is 1.23 bits per heavy atom. The number of carbonyl (C=O) groups is 1. The van der Waals surface area contributed by atoms with E-state index in [9.17, 15) is 4.79 Å². The van der Waals surface area contributed by atoms with Gasteiger partial charge in [-0.3, -0.25) is 4.79 Å². The van der Waals surface area contributed by atoms with E-state index < -0.39 is 0 Å². The number of hydrogen-bond donors (Lipinski definition) is 1. The molecule has 0 spiro atoms. The lowest BCUT2D eigenvalue weighted by Gasteiger charge is -2.26. The van der Waals surface area contributed by atoms with Crippen molar-refractivity contribution in [3.8, 4) is 0 Å². The van der Waals surface area contributed by atoms with Crippen LogP contribution >= 0.6 is 11.3 Å². The van der Waals surface area contributed by atoms with Gasteiger partial charge in [0.05, 0.1) is 15.3 Å². The Kier molecular flexibility index (Phi) is 3.60. The Morgan fingerprint density at radius 3 is 2.73 bits per heavy atom. The highest BCUT2D eigenvalue weighted by molar-refractivity contribution is 7.18. The van der Waals surface area contributed by atoms with Crippen LogP contribution in [0, 0.1) is 5.92 Å². The van der Waals surface area contributed by atoms with Crippen LogP contribution < -0.4 is 5.32 Å². The molecule has 0 aliphatic heterocycles. The number of fused-ring (bicyclic) bond motifs is 1. The fourth-order valence-electron chi connectivity index (χ4n) is 3.14. The SMILES string of the molecule is CC1CCC(NC(=O)c2cnc3nc(C4CC4)sc3c2)CC1. The molecule has 2 fully saturated rings. The standard InChI is InChI=1S/C17H21N3OS/c1-10-2-6-13(7-3-10)19-16(21)12-8-14-15(18-9-12)20-17(22-14)11-4-5-11/h8-11,13H,2-7H2,1H3,(H,19,21). The third-order valence-electron chi connectivity index (χ3n) is 4.80. The number of rotatable bonds is 3. The fourth-order valence-corrected chi connectivity index (χ4v) is 4.27. The lowest BCUT2D eigenvalue weighted by Crippen LogP contribution is -2.37. The van der Waals surface area contributed by atoms with Crippen LogP contribution in [-0.4, -0.2) is 21.9 Å². The molecule has 22 heavy (non-hydrogen) atoms. The monoisotopic (exact) mass is 315 g/mol. The second-order valence-corrected chi connectivity index (χ2v) is 7.86. The summed E-state index contributed by atoms with van der Waals surface area (Å²) in [5, 5.41) is 4.35. The van der Waals surface area contributed by atoms with Gasteiger partial charge < -0.3 is 5.32 Å². The highest BCUT2D eigenvalue weighted by Crippen LogP contribution is 2.43. The number of pyridine rings is 1. The number of carbonyl (C=O) groups excluding carboxylic acids is 1. The molecule has 2 heterocycles. The minimum absolute atomic E-state index is 0.00956. The van der Waals surface area contributed by atoms with E-state index in [0.717, 1.165) is 29.1 Å². The Labute approximate surface area is 134 Å². The third kappa shape index (κ3) is 2.86. The molecular weight excluding hydrogens is 294 g/mol. The summed E-state index contributed by atoms with van der Waals surface area (Å²) in [4.78, 5) is 21.4. The Hall–Kier alpha value is -1.49. The average molecular weight is 315 g/mol. The van der Waals surface area contributed by atoms with Gasteiger partial charge in [0.15, 0.2) is 5.65 Å². The van der Waals surface area contributed by atoms with E-state index in [2.05, 4.69) is 22.2 Å². The van der Waals surface area contributed by atoms with Crippen LogP contribution in [0.2, 0.25) is 0 Å². The molecule has 0 bridgehead atoms. The molecule has 1 N–H and O–H groups in total. The highest BCUT2D eigenvalue weighted by Gasteiger charge is 2.27. The van der Waals surface area contributed by atoms with Crippen molar-refractivity contribution in [1.29, 1.82) is 0 Å². The summed E-state index contributed by atoms with van der Waals surface area (Å²) < 4.78 is 1.03. The molecule has 0 radical (unpaired) electrons. The fraction of sp³-hybridized carbons (Fsp3) is 0.588. The topological polar surface area (TPSA) is 54.9 Å². The molecule has 116 valence electrons. The Balaban J connectivity index is 1.49. The molecule has 0 unspecified atom stereocenters. The second kappa shape index (κ2) is 5.61. The summed E-state index contributed by atoms with van der Waals surface area (Å²) >= 11 is 1.69. The maximum absolute atomic E-state index is 12.4. The van der Waals surface area contributed by atoms with E-state index in [1.165, 1.54) is 30.7 Å². The van der Waals surface area contributed by atoms with Crippen molar-refractivity contribution >= 4 is 27.6 Å². The smallest absolute Gasteiger partial charge is 0.253 e. The van der Waals surface area contributed by atoms with Crippen molar-refractivity contribution in [3.63, 3.8) is 0 Å². The van der Waals surface area contributed by atoms with Gasteiger partial charge in [0.1, 0.15) is 0 Å². The maximum atomic E-state index is 12.4. The van der Waals surface area contributed by atoms with Crippen LogP contribution in [0.15, 0.2) is 12.3 Å². The van der Waals surface area contributed by atoms with Crippen LogP contribution in [-0.2, 0) is 0 Å². The van der Waals surface area contributed by atoms with E-state index in [4.69, 9.17) is 0 Å². The van der Waals surface area contributed by atoms with E-state index in [1.807, 2.05) is 6.07 Å². The molecule has 0 atom stereocenters. The average Bonchev–Trinajstić information content (AvgIpc) is 3.28. The van der Waals surface area contributed by atoms with Crippen molar-refractivity contribution in [2.75, 3.05) is 0 Å². The summed E-state index contributed by atoms with van der Waals surface area (Å²) in [5.74, 6) is 1.44. The number of aromatic nitrogens is 2. The van der Waals surface area contributed by atoms with Crippen molar-refractivity contribution in [2.24, 2.45) is 5.92 Å². The maximum Gasteiger partial charge on any atom is 0.253 e. The van der Waals surface area contributed by atoms with Crippen molar-refractivity contribution in [1.82, 2.24) is 15.3 Å². The Bertz CT molecular complexity index is 699. The van der Waals surface area contributed by atoms with E-state index >= 15 is 0 Å². The van der Waals surface area contributed by atoms with Crippen LogP contribution in [0.1, 0.15) is 66.7 Å². The lowest BCUT2D eigenvalue weighted by atomic mass is 9.87. The normalized spacial score (nSPS) is 25.3. The van der Waals surface area contributed by atoms with Gasteiger partial charge in [0, 0.05) is 18.2 Å². The highest BCUT2D eigenvalue weighted by atomic mass is 32.1. The largest absolute Gasteiger partial charge is 0.349 e. The molecule has 2 aromatic heterocycles. The molecule has 0 aromatic carbocycles. The molecule has 2 aliphatic carbocycles. The molecule has 4 nitrogen and oxygen atoms in total. The van der Waals surface area contributed by atoms with Gasteiger partial charge in [0.2, 0.25) is 0 Å². The first-order chi connectivity index (χ1) is 10.7. The van der Waals surface area contributed by atoms with Gasteiger partial charge in [-0.2, -0.15) is 0 Å². The lowest BCUT2D eigenvalue weighted by molar-refractivity contribution is 0.0923. The predicted molar refractivity (Wildman–Crippen MR) is 88.3 cm³/mol. The van der Waals surface area contributed by atoms with Crippen LogP contribution in [0.25, 0.3) is 10.3 Å². The molecule has 2 aliphatic rings. The summed E-state index contributed by atoms with van der Waals surface area (Å²) in [6.45, 7) is 2.29. The van der Waals surface area contributed by atoms with E-state index in [1.54, 1.807) is 17.5 Å². The van der Waals surface area contributed by atoms with E-state index in [0.29, 0.717) is 17.5 Å². The summed E-state index contributed by atoms with van der Waals surface area (Å²) in [5.41, 5.74) is 1.45. The number of amides is 1. The molecule has 0 saturated heterocycles.